The van der Waals surface area contributed by atoms with Crippen molar-refractivity contribution in [3.05, 3.63) is 59.4 Å². The van der Waals surface area contributed by atoms with Crippen LogP contribution in [0.3, 0.4) is 0 Å². The monoisotopic (exact) mass is 430 g/mol. The Balaban J connectivity index is 1.68. The number of hydrogen-bond acceptors (Lipinski definition) is 5. The van der Waals surface area contributed by atoms with Crippen LogP contribution >= 0.6 is 0 Å². The summed E-state index contributed by atoms with van der Waals surface area (Å²) in [5.74, 6) is 8.14. The van der Waals surface area contributed by atoms with Gasteiger partial charge in [0, 0.05) is 55.9 Å². The molecule has 166 valence electrons. The molecule has 6 nitrogen and oxygen atoms in total. The first-order valence-corrected chi connectivity index (χ1v) is 11.3. The topological polar surface area (TPSA) is 75.2 Å². The van der Waals surface area contributed by atoms with E-state index in [1.807, 2.05) is 43.4 Å². The van der Waals surface area contributed by atoms with Gasteiger partial charge in [-0.2, -0.15) is 5.10 Å². The number of nitrogens with two attached hydrogens (primary N) is 1. The van der Waals surface area contributed by atoms with E-state index in [0.29, 0.717) is 30.7 Å². The Kier molecular flexibility index (Phi) is 7.21. The summed E-state index contributed by atoms with van der Waals surface area (Å²) in [5.41, 5.74) is 10.4. The SMILES string of the molecule is CCCC#Cc1ccc(-c2ccc(CN)cn2)c(Oc2cc([C@H]3CCCOC3)nn2C)c1. The molecule has 2 N–H and O–H groups in total. The maximum Gasteiger partial charge on any atom is 0.217 e. The van der Waals surface area contributed by atoms with Gasteiger partial charge >= 0.3 is 0 Å². The highest BCUT2D eigenvalue weighted by atomic mass is 16.5. The van der Waals surface area contributed by atoms with E-state index in [1.54, 1.807) is 10.9 Å². The third kappa shape index (κ3) is 5.18. The zero-order valence-electron chi connectivity index (χ0n) is 18.8. The van der Waals surface area contributed by atoms with Crippen LogP contribution in [0.5, 0.6) is 11.6 Å². The van der Waals surface area contributed by atoms with Gasteiger partial charge in [0.1, 0.15) is 5.75 Å². The third-order valence-electron chi connectivity index (χ3n) is 5.57. The molecule has 1 fully saturated rings. The van der Waals surface area contributed by atoms with Crippen LogP contribution in [-0.4, -0.2) is 28.0 Å². The summed E-state index contributed by atoms with van der Waals surface area (Å²) >= 11 is 0. The van der Waals surface area contributed by atoms with Gasteiger partial charge in [-0.3, -0.25) is 4.98 Å². The van der Waals surface area contributed by atoms with Crippen molar-refractivity contribution in [1.29, 1.82) is 0 Å². The molecular weight excluding hydrogens is 400 g/mol. The van der Waals surface area contributed by atoms with Gasteiger partial charge in [0.15, 0.2) is 0 Å². The molecule has 0 unspecified atom stereocenters. The van der Waals surface area contributed by atoms with Crippen LogP contribution in [0.15, 0.2) is 42.6 Å². The molecule has 3 heterocycles. The quantitative estimate of drug-likeness (QED) is 0.570. The molecule has 1 aliphatic heterocycles. The zero-order valence-corrected chi connectivity index (χ0v) is 18.8. The number of nitrogens with zero attached hydrogens (tertiary/aromatic N) is 3. The zero-order chi connectivity index (χ0) is 22.3. The molecule has 1 aromatic carbocycles. The Morgan fingerprint density at radius 2 is 2.16 bits per heavy atom. The summed E-state index contributed by atoms with van der Waals surface area (Å²) in [6, 6.07) is 12.0. The smallest absolute Gasteiger partial charge is 0.217 e. The van der Waals surface area contributed by atoms with E-state index < -0.39 is 0 Å². The Morgan fingerprint density at radius 3 is 2.88 bits per heavy atom. The second kappa shape index (κ2) is 10.4. The highest BCUT2D eigenvalue weighted by Gasteiger charge is 2.21. The number of unbranched alkanes of at least 4 members (excludes halogenated alkanes) is 1. The average molecular weight is 431 g/mol. The molecule has 2 aromatic heterocycles. The van der Waals surface area contributed by atoms with Crippen LogP contribution in [0.2, 0.25) is 0 Å². The van der Waals surface area contributed by atoms with Gasteiger partial charge in [0.2, 0.25) is 5.88 Å². The van der Waals surface area contributed by atoms with Gasteiger partial charge in [0.25, 0.3) is 0 Å². The van der Waals surface area contributed by atoms with E-state index in [0.717, 1.165) is 60.4 Å². The van der Waals surface area contributed by atoms with Gasteiger partial charge in [0.05, 0.1) is 18.0 Å². The molecule has 0 spiro atoms. The second-order valence-electron chi connectivity index (χ2n) is 8.07. The number of benzene rings is 1. The molecule has 0 radical (unpaired) electrons. The van der Waals surface area contributed by atoms with Crippen molar-refractivity contribution >= 4 is 0 Å². The lowest BCUT2D eigenvalue weighted by molar-refractivity contribution is 0.0791. The standard InChI is InChI=1S/C26H30N4O2/c1-3-4-5-7-19-9-11-22(23-12-10-20(16-27)17-28-23)25(14-19)32-26-15-24(29-30(26)2)21-8-6-13-31-18-21/h9-12,14-15,17,21H,3-4,6,8,13,16,18,27H2,1-2H3/t21-/m0/s1. The van der Waals surface area contributed by atoms with Crippen molar-refractivity contribution in [3.8, 4) is 34.7 Å². The third-order valence-corrected chi connectivity index (χ3v) is 5.57. The summed E-state index contributed by atoms with van der Waals surface area (Å²) < 4.78 is 13.8. The fourth-order valence-corrected chi connectivity index (χ4v) is 3.74. The number of ether oxygens (including phenoxy) is 2. The van der Waals surface area contributed by atoms with Crippen molar-refractivity contribution < 1.29 is 9.47 Å². The summed E-state index contributed by atoms with van der Waals surface area (Å²) in [7, 11) is 1.90. The minimum absolute atomic E-state index is 0.309. The van der Waals surface area contributed by atoms with Gasteiger partial charge in [-0.1, -0.05) is 24.8 Å². The van der Waals surface area contributed by atoms with Crippen LogP contribution in [-0.2, 0) is 18.3 Å². The Labute approximate surface area is 189 Å². The van der Waals surface area contributed by atoms with Gasteiger partial charge < -0.3 is 15.2 Å². The van der Waals surface area contributed by atoms with Crippen molar-refractivity contribution in [2.75, 3.05) is 13.2 Å². The highest BCUT2D eigenvalue weighted by Crippen LogP contribution is 2.35. The van der Waals surface area contributed by atoms with E-state index in [-0.39, 0.29) is 0 Å². The second-order valence-corrected chi connectivity index (χ2v) is 8.07. The van der Waals surface area contributed by atoms with E-state index in [9.17, 15) is 0 Å². The first kappa shape index (κ1) is 22.1. The lowest BCUT2D eigenvalue weighted by atomic mass is 9.99. The molecule has 0 saturated carbocycles. The lowest BCUT2D eigenvalue weighted by Crippen LogP contribution is -2.16. The fourth-order valence-electron chi connectivity index (χ4n) is 3.74. The minimum atomic E-state index is 0.309. The molecular formula is C26H30N4O2. The highest BCUT2D eigenvalue weighted by molar-refractivity contribution is 5.69. The summed E-state index contributed by atoms with van der Waals surface area (Å²) in [6.07, 6.45) is 5.86. The van der Waals surface area contributed by atoms with Crippen LogP contribution in [0.1, 0.15) is 55.3 Å². The number of pyridine rings is 1. The molecule has 0 bridgehead atoms. The fraction of sp³-hybridized carbons (Fsp3) is 0.385. The number of aromatic nitrogens is 3. The Bertz CT molecular complexity index is 1100. The van der Waals surface area contributed by atoms with E-state index in [2.05, 4.69) is 23.7 Å². The predicted molar refractivity (Wildman–Crippen MR) is 125 cm³/mol. The molecule has 32 heavy (non-hydrogen) atoms. The van der Waals surface area contributed by atoms with Gasteiger partial charge in [-0.05, 0) is 49.1 Å². The Hall–Kier alpha value is -3.14. The molecule has 0 amide bonds. The molecule has 4 rings (SSSR count). The molecule has 0 aliphatic carbocycles. The van der Waals surface area contributed by atoms with Crippen molar-refractivity contribution in [2.24, 2.45) is 12.8 Å². The maximum atomic E-state index is 6.40. The lowest BCUT2D eigenvalue weighted by Gasteiger charge is -2.19. The van der Waals surface area contributed by atoms with Crippen LogP contribution < -0.4 is 10.5 Å². The summed E-state index contributed by atoms with van der Waals surface area (Å²) in [4.78, 5) is 4.59. The molecule has 6 heteroatoms. The van der Waals surface area contributed by atoms with E-state index in [4.69, 9.17) is 20.3 Å². The summed E-state index contributed by atoms with van der Waals surface area (Å²) in [6.45, 7) is 4.13. The first-order chi connectivity index (χ1) is 15.7. The van der Waals surface area contributed by atoms with Crippen molar-refractivity contribution in [2.45, 2.75) is 45.1 Å². The molecule has 3 aromatic rings. The van der Waals surface area contributed by atoms with Crippen molar-refractivity contribution in [3.63, 3.8) is 0 Å². The number of hydrogen-bond donors (Lipinski definition) is 1. The van der Waals surface area contributed by atoms with Crippen LogP contribution in [0, 0.1) is 11.8 Å². The average Bonchev–Trinajstić information content (AvgIpc) is 3.20. The van der Waals surface area contributed by atoms with Gasteiger partial charge in [-0.25, -0.2) is 4.68 Å². The minimum Gasteiger partial charge on any atom is -0.439 e. The molecule has 1 aliphatic rings. The van der Waals surface area contributed by atoms with E-state index in [1.165, 1.54) is 0 Å². The predicted octanol–water partition coefficient (Wildman–Crippen LogP) is 4.78. The maximum absolute atomic E-state index is 6.40. The summed E-state index contributed by atoms with van der Waals surface area (Å²) in [5, 5.41) is 4.69. The largest absolute Gasteiger partial charge is 0.439 e. The molecule has 1 atom stereocenters. The van der Waals surface area contributed by atoms with Gasteiger partial charge in [-0.15, -0.1) is 0 Å². The normalized spacial score (nSPS) is 15.8. The van der Waals surface area contributed by atoms with Crippen molar-refractivity contribution in [1.82, 2.24) is 14.8 Å². The number of aryl methyl sites for hydroxylation is 1. The van der Waals surface area contributed by atoms with E-state index >= 15 is 0 Å². The Morgan fingerprint density at radius 1 is 1.25 bits per heavy atom. The molecule has 1 saturated heterocycles. The number of rotatable bonds is 6. The van der Waals surface area contributed by atoms with Crippen LogP contribution in [0.4, 0.5) is 0 Å². The first-order valence-electron chi connectivity index (χ1n) is 11.3. The van der Waals surface area contributed by atoms with Crippen LogP contribution in [0.25, 0.3) is 11.3 Å².